The SMILES string of the molecule is [2H]C1([2H])C([2H])([2H])C1(C(=O)Cc1cc2cc(C(C)(C)CC)n(C([2H])([2H])[C@]([2H])(O)C([2H])([2H])O)c2cc1F)c1ccc2c(c1)OC(F)(F)O2. The Morgan fingerprint density at radius 2 is 1.95 bits per heavy atom. The third-order valence-electron chi connectivity index (χ3n) is 6.85. The average molecular weight is 527 g/mol. The van der Waals surface area contributed by atoms with Crippen molar-refractivity contribution in [2.75, 3.05) is 6.56 Å². The number of alkyl halides is 2. The zero-order valence-electron chi connectivity index (χ0n) is 29.1. The lowest BCUT2D eigenvalue weighted by Gasteiger charge is -2.26. The highest BCUT2D eigenvalue weighted by molar-refractivity contribution is 5.95. The largest absolute Gasteiger partial charge is 0.586 e. The summed E-state index contributed by atoms with van der Waals surface area (Å²) in [5.74, 6) is -3.24. The summed E-state index contributed by atoms with van der Waals surface area (Å²) in [4.78, 5) is 13.9. The Balaban J connectivity index is 1.63. The molecule has 1 fully saturated rings. The first-order valence-corrected chi connectivity index (χ1v) is 11.4. The molecular formula is C28H30F3NO5. The van der Waals surface area contributed by atoms with Gasteiger partial charge in [0.2, 0.25) is 0 Å². The molecule has 1 atom stereocenters. The smallest absolute Gasteiger partial charge is 0.395 e. The number of fused-ring (bicyclic) bond motifs is 2. The Kier molecular flexibility index (Phi) is 3.97. The number of benzene rings is 2. The summed E-state index contributed by atoms with van der Waals surface area (Å²) in [5, 5.41) is 20.5. The summed E-state index contributed by atoms with van der Waals surface area (Å²) < 4.78 is 126. The first kappa shape index (κ1) is 16.7. The number of nitrogens with zero attached hydrogens (tertiary/aromatic N) is 1. The number of hydrogen-bond acceptors (Lipinski definition) is 5. The van der Waals surface area contributed by atoms with Crippen molar-refractivity contribution in [3.8, 4) is 11.5 Å². The van der Waals surface area contributed by atoms with Crippen molar-refractivity contribution >= 4 is 16.7 Å². The molecule has 6 nitrogen and oxygen atoms in total. The first-order chi connectivity index (χ1) is 20.7. The van der Waals surface area contributed by atoms with E-state index in [0.29, 0.717) is 11.0 Å². The molecule has 198 valence electrons. The maximum Gasteiger partial charge on any atom is 0.586 e. The second-order valence-corrected chi connectivity index (χ2v) is 9.61. The van der Waals surface area contributed by atoms with Gasteiger partial charge in [0, 0.05) is 28.4 Å². The quantitative estimate of drug-likeness (QED) is 0.411. The van der Waals surface area contributed by atoms with Gasteiger partial charge in [-0.25, -0.2) is 4.39 Å². The lowest BCUT2D eigenvalue weighted by molar-refractivity contribution is -0.286. The van der Waals surface area contributed by atoms with Gasteiger partial charge in [0.25, 0.3) is 0 Å². The third-order valence-corrected chi connectivity index (χ3v) is 6.85. The number of carbonyl (C=O) groups is 1. The number of aromatic nitrogens is 1. The van der Waals surface area contributed by atoms with Crippen molar-refractivity contribution in [3.05, 3.63) is 59.0 Å². The van der Waals surface area contributed by atoms with Gasteiger partial charge in [0.1, 0.15) is 11.6 Å². The molecule has 5 rings (SSSR count). The van der Waals surface area contributed by atoms with Gasteiger partial charge in [0.05, 0.1) is 36.9 Å². The van der Waals surface area contributed by atoms with Crippen LogP contribution in [0.15, 0.2) is 36.4 Å². The van der Waals surface area contributed by atoms with E-state index in [1.165, 1.54) is 6.07 Å². The van der Waals surface area contributed by atoms with Gasteiger partial charge in [-0.3, -0.25) is 4.79 Å². The minimum absolute atomic E-state index is 0.0695. The van der Waals surface area contributed by atoms with Crippen molar-refractivity contribution in [1.29, 1.82) is 0 Å². The van der Waals surface area contributed by atoms with Gasteiger partial charge in [-0.15, -0.1) is 8.78 Å². The number of aliphatic hydroxyl groups is 2. The number of ether oxygens (including phenoxy) is 2. The number of halogens is 3. The molecule has 0 unspecified atom stereocenters. The van der Waals surface area contributed by atoms with E-state index in [-0.39, 0.29) is 27.7 Å². The maximum absolute atomic E-state index is 15.8. The van der Waals surface area contributed by atoms with E-state index in [0.717, 1.165) is 30.3 Å². The molecule has 2 aromatic carbocycles. The molecule has 2 N–H and O–H groups in total. The monoisotopic (exact) mass is 526 g/mol. The molecule has 9 heteroatoms. The molecule has 2 aliphatic rings. The predicted molar refractivity (Wildman–Crippen MR) is 131 cm³/mol. The van der Waals surface area contributed by atoms with Gasteiger partial charge in [0.15, 0.2) is 11.5 Å². The fraction of sp³-hybridized carbons (Fsp3) is 0.464. The van der Waals surface area contributed by atoms with Gasteiger partial charge < -0.3 is 24.3 Å². The molecule has 1 aliphatic carbocycles. The van der Waals surface area contributed by atoms with Crippen LogP contribution >= 0.6 is 0 Å². The Morgan fingerprint density at radius 3 is 2.59 bits per heavy atom. The highest BCUT2D eigenvalue weighted by atomic mass is 19.3. The van der Waals surface area contributed by atoms with Crippen LogP contribution in [-0.2, 0) is 28.5 Å². The molecule has 3 aromatic rings. The van der Waals surface area contributed by atoms with Crippen LogP contribution < -0.4 is 9.47 Å². The Hall–Kier alpha value is -3.04. The topological polar surface area (TPSA) is 80.9 Å². The zero-order chi connectivity index (χ0) is 34.8. The molecule has 2 heterocycles. The highest BCUT2D eigenvalue weighted by Crippen LogP contribution is 2.52. The molecule has 1 saturated carbocycles. The van der Waals surface area contributed by atoms with Crippen LogP contribution in [0.3, 0.4) is 0 Å². The van der Waals surface area contributed by atoms with Gasteiger partial charge in [-0.05, 0) is 60.6 Å². The summed E-state index contributed by atoms with van der Waals surface area (Å²) in [7, 11) is 0. The minimum Gasteiger partial charge on any atom is -0.395 e. The van der Waals surface area contributed by atoms with Crippen LogP contribution in [0.1, 0.15) is 69.1 Å². The third kappa shape index (κ3) is 4.48. The van der Waals surface area contributed by atoms with Crippen LogP contribution in [0, 0.1) is 5.82 Å². The predicted octanol–water partition coefficient (Wildman–Crippen LogP) is 4.99. The highest BCUT2D eigenvalue weighted by Gasteiger charge is 2.52. The normalized spacial score (nSPS) is 26.2. The van der Waals surface area contributed by atoms with E-state index in [2.05, 4.69) is 9.47 Å². The fourth-order valence-electron chi connectivity index (χ4n) is 4.34. The van der Waals surface area contributed by atoms with Gasteiger partial charge >= 0.3 is 6.29 Å². The fourth-order valence-corrected chi connectivity index (χ4v) is 4.34. The molecule has 37 heavy (non-hydrogen) atoms. The first-order valence-electron chi connectivity index (χ1n) is 15.9. The Morgan fingerprint density at radius 1 is 1.24 bits per heavy atom. The van der Waals surface area contributed by atoms with Crippen molar-refractivity contribution in [2.24, 2.45) is 0 Å². The maximum atomic E-state index is 15.8. The lowest BCUT2D eigenvalue weighted by atomic mass is 9.86. The van der Waals surface area contributed by atoms with Crippen molar-refractivity contribution in [2.45, 2.75) is 76.1 Å². The molecule has 1 aromatic heterocycles. The number of hydrogen-bond donors (Lipinski definition) is 2. The van der Waals surface area contributed by atoms with Crippen molar-refractivity contribution in [1.82, 2.24) is 4.57 Å². The second kappa shape index (κ2) is 8.77. The van der Waals surface area contributed by atoms with Gasteiger partial charge in [-0.1, -0.05) is 26.8 Å². The van der Waals surface area contributed by atoms with Crippen LogP contribution in [-0.4, -0.2) is 39.5 Å². The standard InChI is InChI=1S/C28H30F3NO5/c1-4-26(2,3)24-10-17-9-16(20(29)13-21(17)32(24)14-19(34)15-33)11-25(35)27(7-8-27)18-5-6-22-23(12-18)37-28(30,31)36-22/h5-6,9-10,12-13,19,33-34H,4,7-8,11,14-15H2,1-3H3/t19-/m0/s1/i7D2,8D2,14D2,15D2,19D. The number of rotatable bonds is 9. The Labute approximate surface area is 225 Å². The molecule has 0 amide bonds. The van der Waals surface area contributed by atoms with E-state index in [1.807, 2.05) is 0 Å². The summed E-state index contributed by atoms with van der Waals surface area (Å²) in [5.41, 5.74) is -4.37. The molecule has 0 saturated heterocycles. The van der Waals surface area contributed by atoms with Crippen molar-refractivity contribution < 1.29 is 50.0 Å². The van der Waals surface area contributed by atoms with Gasteiger partial charge in [-0.2, -0.15) is 0 Å². The molecule has 0 spiro atoms. The number of carbonyl (C=O) groups excluding carboxylic acids is 1. The van der Waals surface area contributed by atoms with Crippen LogP contribution in [0.5, 0.6) is 11.5 Å². The van der Waals surface area contributed by atoms with E-state index in [9.17, 15) is 23.8 Å². The average Bonchev–Trinajstić information content (AvgIpc) is 3.23. The number of ketones is 1. The summed E-state index contributed by atoms with van der Waals surface area (Å²) in [6, 6.07) is 6.19. The minimum atomic E-state index is -4.04. The van der Waals surface area contributed by atoms with Crippen LogP contribution in [0.4, 0.5) is 13.2 Å². The molecule has 0 radical (unpaired) electrons. The van der Waals surface area contributed by atoms with Crippen LogP contribution in [0.25, 0.3) is 10.9 Å². The van der Waals surface area contributed by atoms with Crippen LogP contribution in [0.2, 0.25) is 0 Å². The second-order valence-electron chi connectivity index (χ2n) is 9.61. The van der Waals surface area contributed by atoms with E-state index in [4.69, 9.17) is 12.3 Å². The lowest BCUT2D eigenvalue weighted by Crippen LogP contribution is -2.26. The zero-order valence-corrected chi connectivity index (χ0v) is 20.1. The van der Waals surface area contributed by atoms with E-state index >= 15 is 4.39 Å². The van der Waals surface area contributed by atoms with E-state index < -0.39 is 78.5 Å². The van der Waals surface area contributed by atoms with E-state index in [1.54, 1.807) is 20.8 Å². The molecule has 1 aliphatic heterocycles. The number of Topliss-reactive ketones (excluding diaryl/α,β-unsaturated/α-hetero) is 1. The van der Waals surface area contributed by atoms with Crippen molar-refractivity contribution in [3.63, 3.8) is 0 Å². The molecule has 0 bridgehead atoms. The summed E-state index contributed by atoms with van der Waals surface area (Å²) >= 11 is 0. The summed E-state index contributed by atoms with van der Waals surface area (Å²) in [6.45, 7) is -2.07. The molecular weight excluding hydrogens is 487 g/mol. The summed E-state index contributed by atoms with van der Waals surface area (Å²) in [6.07, 6.45) is -14.1. The Bertz CT molecular complexity index is 1760.